The molecule has 0 fully saturated rings. The van der Waals surface area contributed by atoms with Crippen LogP contribution in [0, 0.1) is 0 Å². The molecule has 4 aromatic carbocycles. The molecule has 0 spiro atoms. The highest BCUT2D eigenvalue weighted by atomic mass is 16.5. The van der Waals surface area contributed by atoms with Crippen molar-refractivity contribution in [3.8, 4) is 11.5 Å². The van der Waals surface area contributed by atoms with Gasteiger partial charge in [0.05, 0.1) is 0 Å². The van der Waals surface area contributed by atoms with E-state index in [1.165, 1.54) is 5.56 Å². The Morgan fingerprint density at radius 3 is 2.33 bits per heavy atom. The molecule has 208 valence electrons. The van der Waals surface area contributed by atoms with Gasteiger partial charge in [0.1, 0.15) is 11.5 Å². The van der Waals surface area contributed by atoms with Gasteiger partial charge in [-0.15, -0.1) is 0 Å². The number of para-hydroxylation sites is 2. The van der Waals surface area contributed by atoms with Crippen LogP contribution >= 0.6 is 0 Å². The number of carbonyl (C=O) groups is 1. The summed E-state index contributed by atoms with van der Waals surface area (Å²) in [4.78, 5) is 17.8. The topological polar surface area (TPSA) is 56.1 Å². The van der Waals surface area contributed by atoms with Crippen molar-refractivity contribution in [3.63, 3.8) is 0 Å². The molecule has 0 unspecified atom stereocenters. The number of nitrogens with one attached hydrogen (secondary N) is 1. The fourth-order valence-electron chi connectivity index (χ4n) is 5.42. The summed E-state index contributed by atoms with van der Waals surface area (Å²) in [5.74, 6) is 1.36. The lowest BCUT2D eigenvalue weighted by Gasteiger charge is -2.18. The summed E-state index contributed by atoms with van der Waals surface area (Å²) in [6, 6.07) is 42.6. The first-order valence-electron chi connectivity index (χ1n) is 14.3. The van der Waals surface area contributed by atoms with Crippen LogP contribution in [0.1, 0.15) is 34.7 Å². The number of pyridine rings is 1. The number of aromatic nitrogens is 2. The monoisotopic (exact) mass is 551 g/mol. The van der Waals surface area contributed by atoms with Crippen molar-refractivity contribution in [2.75, 3.05) is 6.54 Å². The van der Waals surface area contributed by atoms with E-state index in [0.29, 0.717) is 19.4 Å². The van der Waals surface area contributed by atoms with Crippen LogP contribution < -0.4 is 10.1 Å². The maximum Gasteiger partial charge on any atom is 0.220 e. The predicted molar refractivity (Wildman–Crippen MR) is 168 cm³/mol. The average Bonchev–Trinajstić information content (AvgIpc) is 3.39. The fourth-order valence-corrected chi connectivity index (χ4v) is 5.42. The van der Waals surface area contributed by atoms with Gasteiger partial charge in [-0.05, 0) is 59.2 Å². The zero-order chi connectivity index (χ0) is 28.6. The quantitative estimate of drug-likeness (QED) is 0.179. The van der Waals surface area contributed by atoms with Gasteiger partial charge in [-0.1, -0.05) is 84.9 Å². The normalized spacial score (nSPS) is 11.7. The second-order valence-electron chi connectivity index (χ2n) is 10.4. The first-order chi connectivity index (χ1) is 20.7. The smallest absolute Gasteiger partial charge is 0.220 e. The van der Waals surface area contributed by atoms with E-state index in [1.807, 2.05) is 66.7 Å². The van der Waals surface area contributed by atoms with Crippen molar-refractivity contribution in [1.29, 1.82) is 0 Å². The third kappa shape index (κ3) is 6.58. The minimum Gasteiger partial charge on any atom is -0.457 e. The number of hydrogen-bond acceptors (Lipinski definition) is 3. The number of ether oxygens (including phenoxy) is 1. The van der Waals surface area contributed by atoms with E-state index < -0.39 is 0 Å². The zero-order valence-corrected chi connectivity index (χ0v) is 23.4. The summed E-state index contributed by atoms with van der Waals surface area (Å²) >= 11 is 0. The maximum atomic E-state index is 13.4. The van der Waals surface area contributed by atoms with Crippen LogP contribution in [0.15, 0.2) is 140 Å². The van der Waals surface area contributed by atoms with Crippen molar-refractivity contribution >= 4 is 16.8 Å². The molecule has 2 aromatic heterocycles. The third-order valence-electron chi connectivity index (χ3n) is 7.45. The molecular formula is C37H33N3O2. The molecule has 6 aromatic rings. The van der Waals surface area contributed by atoms with Crippen LogP contribution in [0.2, 0.25) is 0 Å². The van der Waals surface area contributed by atoms with Crippen LogP contribution in [0.3, 0.4) is 0 Å². The van der Waals surface area contributed by atoms with Gasteiger partial charge in [0.2, 0.25) is 5.91 Å². The molecule has 0 aliphatic rings. The Kier molecular flexibility index (Phi) is 8.37. The lowest BCUT2D eigenvalue weighted by atomic mass is 9.88. The van der Waals surface area contributed by atoms with E-state index >= 15 is 0 Å². The molecule has 0 saturated heterocycles. The van der Waals surface area contributed by atoms with Gasteiger partial charge in [-0.2, -0.15) is 0 Å². The van der Waals surface area contributed by atoms with Crippen LogP contribution in [-0.4, -0.2) is 22.0 Å². The first-order valence-corrected chi connectivity index (χ1v) is 14.3. The minimum absolute atomic E-state index is 0.00482. The molecular weight excluding hydrogens is 518 g/mol. The molecule has 0 saturated carbocycles. The molecule has 6 rings (SSSR count). The lowest BCUT2D eigenvalue weighted by molar-refractivity contribution is -0.121. The summed E-state index contributed by atoms with van der Waals surface area (Å²) in [6.07, 6.45) is 5.00. The highest BCUT2D eigenvalue weighted by Crippen LogP contribution is 2.37. The van der Waals surface area contributed by atoms with E-state index in [4.69, 9.17) is 4.74 Å². The van der Waals surface area contributed by atoms with Gasteiger partial charge in [0.15, 0.2) is 0 Å². The third-order valence-corrected chi connectivity index (χ3v) is 7.45. The summed E-state index contributed by atoms with van der Waals surface area (Å²) in [6.45, 7) is 1.29. The molecule has 0 aliphatic heterocycles. The molecule has 2 heterocycles. The highest BCUT2D eigenvalue weighted by Gasteiger charge is 2.23. The summed E-state index contributed by atoms with van der Waals surface area (Å²) < 4.78 is 8.47. The van der Waals surface area contributed by atoms with Gasteiger partial charge < -0.3 is 14.6 Å². The molecule has 0 bridgehead atoms. The number of carbonyl (C=O) groups excluding carboxylic acids is 1. The molecule has 0 radical (unpaired) electrons. The minimum atomic E-state index is -0.166. The van der Waals surface area contributed by atoms with Crippen molar-refractivity contribution in [1.82, 2.24) is 14.9 Å². The second kappa shape index (κ2) is 13.0. The van der Waals surface area contributed by atoms with Gasteiger partial charge >= 0.3 is 0 Å². The number of amides is 1. The maximum absolute atomic E-state index is 13.4. The first kappa shape index (κ1) is 27.0. The number of nitrogens with zero attached hydrogens (tertiary/aromatic N) is 2. The largest absolute Gasteiger partial charge is 0.457 e. The van der Waals surface area contributed by atoms with Crippen molar-refractivity contribution in [3.05, 3.63) is 162 Å². The highest BCUT2D eigenvalue weighted by molar-refractivity contribution is 5.87. The van der Waals surface area contributed by atoms with E-state index in [1.54, 1.807) is 6.20 Å². The molecule has 1 N–H and O–H groups in total. The van der Waals surface area contributed by atoms with Crippen molar-refractivity contribution < 1.29 is 9.53 Å². The fraction of sp³-hybridized carbons (Fsp3) is 0.135. The van der Waals surface area contributed by atoms with Crippen LogP contribution in [0.25, 0.3) is 10.9 Å². The summed E-state index contributed by atoms with van der Waals surface area (Å²) in [7, 11) is 0. The second-order valence-corrected chi connectivity index (χ2v) is 10.4. The average molecular weight is 552 g/mol. The molecule has 1 atom stereocenters. The van der Waals surface area contributed by atoms with E-state index in [-0.39, 0.29) is 11.8 Å². The standard InChI is InChI=1S/C37H33N3O2/c41-37(39-23-21-30-15-9-10-22-38-30)25-34(29-14-11-18-32(24-29)42-31-16-5-2-6-17-31)35-27-40(26-28-12-3-1-4-13-28)36-20-8-7-19-33(35)36/h1-20,22,24,27,34H,21,23,25-26H2,(H,39,41)/t34-/m0/s1. The molecule has 5 heteroatoms. The number of benzene rings is 4. The Balaban J connectivity index is 1.33. The summed E-state index contributed by atoms with van der Waals surface area (Å²) in [5.41, 5.74) is 5.49. The van der Waals surface area contributed by atoms with Gasteiger partial charge in [0, 0.05) is 60.8 Å². The number of hydrogen-bond donors (Lipinski definition) is 1. The molecule has 1 amide bonds. The predicted octanol–water partition coefficient (Wildman–Crippen LogP) is 7.76. The Bertz CT molecular complexity index is 1750. The SMILES string of the molecule is O=C(C[C@@H](c1cccc(Oc2ccccc2)c1)c1cn(Cc2ccccc2)c2ccccc12)NCCc1ccccn1. The van der Waals surface area contributed by atoms with E-state index in [9.17, 15) is 4.79 Å². The molecule has 5 nitrogen and oxygen atoms in total. The Labute approximate surface area is 246 Å². The van der Waals surface area contributed by atoms with E-state index in [2.05, 4.69) is 81.7 Å². The molecule has 0 aliphatic carbocycles. The van der Waals surface area contributed by atoms with Gasteiger partial charge in [-0.25, -0.2) is 0 Å². The van der Waals surface area contributed by atoms with Gasteiger partial charge in [0.25, 0.3) is 0 Å². The summed E-state index contributed by atoms with van der Waals surface area (Å²) in [5, 5.41) is 4.28. The Morgan fingerprint density at radius 1 is 0.786 bits per heavy atom. The molecule has 42 heavy (non-hydrogen) atoms. The van der Waals surface area contributed by atoms with Crippen LogP contribution in [0.4, 0.5) is 0 Å². The number of rotatable bonds is 11. The van der Waals surface area contributed by atoms with Gasteiger partial charge in [-0.3, -0.25) is 9.78 Å². The van der Waals surface area contributed by atoms with E-state index in [0.717, 1.165) is 45.8 Å². The Hall–Kier alpha value is -5.16. The lowest BCUT2D eigenvalue weighted by Crippen LogP contribution is -2.27. The van der Waals surface area contributed by atoms with Crippen LogP contribution in [0.5, 0.6) is 11.5 Å². The Morgan fingerprint density at radius 2 is 1.52 bits per heavy atom. The number of fused-ring (bicyclic) bond motifs is 1. The van der Waals surface area contributed by atoms with Crippen LogP contribution in [-0.2, 0) is 17.8 Å². The van der Waals surface area contributed by atoms with Crippen molar-refractivity contribution in [2.45, 2.75) is 25.3 Å². The zero-order valence-electron chi connectivity index (χ0n) is 23.4. The van der Waals surface area contributed by atoms with Crippen molar-refractivity contribution in [2.24, 2.45) is 0 Å².